The highest BCUT2D eigenvalue weighted by Gasteiger charge is 2.35. The quantitative estimate of drug-likeness (QED) is 0.346. The van der Waals surface area contributed by atoms with E-state index in [1.807, 2.05) is 91.0 Å². The zero-order valence-corrected chi connectivity index (χ0v) is 20.5. The third kappa shape index (κ3) is 6.00. The summed E-state index contributed by atoms with van der Waals surface area (Å²) in [7, 11) is 0. The zero-order valence-electron chi connectivity index (χ0n) is 20.5. The van der Waals surface area contributed by atoms with Gasteiger partial charge in [-0.1, -0.05) is 109 Å². The maximum absolute atomic E-state index is 13.6. The summed E-state index contributed by atoms with van der Waals surface area (Å²) in [6.45, 7) is 1.75. The largest absolute Gasteiger partial charge is 0.293 e. The molecule has 0 fully saturated rings. The molecule has 4 aromatic rings. The number of anilines is 1. The molecule has 4 aromatic carbocycles. The Kier molecular flexibility index (Phi) is 7.48. The van der Waals surface area contributed by atoms with Crippen LogP contribution in [0.2, 0.25) is 0 Å². The second kappa shape index (κ2) is 11.5. The number of benzene rings is 4. The Hall–Kier alpha value is -4.55. The lowest BCUT2D eigenvalue weighted by molar-refractivity contribution is -0.120. The van der Waals surface area contributed by atoms with Gasteiger partial charge in [0.1, 0.15) is 0 Å². The number of fused-ring (bicyclic) bond motifs is 1. The molecule has 1 heterocycles. The number of para-hydroxylation sites is 1. The van der Waals surface area contributed by atoms with Crippen molar-refractivity contribution in [2.24, 2.45) is 5.10 Å². The van der Waals surface area contributed by atoms with Gasteiger partial charge in [0, 0.05) is 18.7 Å². The highest BCUT2D eigenvalue weighted by molar-refractivity contribution is 6.54. The number of carbonyl (C=O) groups is 2. The van der Waals surface area contributed by atoms with Gasteiger partial charge in [0.25, 0.3) is 5.91 Å². The van der Waals surface area contributed by atoms with Crippen molar-refractivity contribution in [3.63, 3.8) is 0 Å². The highest BCUT2D eigenvalue weighted by Crippen LogP contribution is 2.29. The minimum atomic E-state index is -0.266. The van der Waals surface area contributed by atoms with Gasteiger partial charge in [-0.3, -0.25) is 19.4 Å². The molecule has 2 amide bonds. The molecule has 0 aromatic heterocycles. The molecule has 0 atom stereocenters. The summed E-state index contributed by atoms with van der Waals surface area (Å²) < 4.78 is 0. The Bertz CT molecular complexity index is 1350. The molecule has 184 valence electrons. The predicted octanol–water partition coefficient (Wildman–Crippen LogP) is 4.76. The van der Waals surface area contributed by atoms with Crippen molar-refractivity contribution in [1.82, 2.24) is 10.3 Å². The van der Waals surface area contributed by atoms with Crippen molar-refractivity contribution in [1.29, 1.82) is 0 Å². The number of hydrogen-bond donors (Lipinski definition) is 1. The first-order chi connectivity index (χ1) is 18.2. The van der Waals surface area contributed by atoms with Crippen LogP contribution in [0.4, 0.5) is 5.69 Å². The number of hydrogen-bond acceptors (Lipinski definition) is 4. The van der Waals surface area contributed by atoms with Crippen LogP contribution in [0.3, 0.4) is 0 Å². The van der Waals surface area contributed by atoms with Crippen molar-refractivity contribution in [2.75, 3.05) is 11.6 Å². The second-order valence-electron chi connectivity index (χ2n) is 9.01. The van der Waals surface area contributed by atoms with Gasteiger partial charge >= 0.3 is 0 Å². The van der Waals surface area contributed by atoms with E-state index < -0.39 is 0 Å². The Balaban J connectivity index is 1.37. The molecular formula is C31H28N4O2. The summed E-state index contributed by atoms with van der Waals surface area (Å²) in [6.07, 6.45) is 0.194. The van der Waals surface area contributed by atoms with Crippen LogP contribution in [0.1, 0.15) is 22.3 Å². The first kappa shape index (κ1) is 24.2. The number of rotatable bonds is 9. The third-order valence-electron chi connectivity index (χ3n) is 6.24. The molecule has 0 spiro atoms. The molecule has 0 unspecified atom stereocenters. The maximum Gasteiger partial charge on any atom is 0.280 e. The van der Waals surface area contributed by atoms with Crippen molar-refractivity contribution in [3.05, 3.63) is 138 Å². The number of hydrazone groups is 1. The average Bonchev–Trinajstić information content (AvgIpc) is 3.19. The van der Waals surface area contributed by atoms with Crippen LogP contribution in [0.5, 0.6) is 0 Å². The van der Waals surface area contributed by atoms with Gasteiger partial charge in [-0.05, 0) is 22.8 Å². The summed E-state index contributed by atoms with van der Waals surface area (Å²) in [5.74, 6) is -0.496. The van der Waals surface area contributed by atoms with Crippen LogP contribution >= 0.6 is 0 Å². The van der Waals surface area contributed by atoms with Crippen molar-refractivity contribution >= 4 is 23.2 Å². The Morgan fingerprint density at radius 1 is 0.703 bits per heavy atom. The Morgan fingerprint density at radius 2 is 1.22 bits per heavy atom. The predicted molar refractivity (Wildman–Crippen MR) is 146 cm³/mol. The van der Waals surface area contributed by atoms with Crippen LogP contribution in [-0.2, 0) is 29.1 Å². The van der Waals surface area contributed by atoms with E-state index in [0.29, 0.717) is 25.3 Å². The molecule has 0 saturated carbocycles. The molecule has 0 saturated heterocycles. The normalized spacial score (nSPS) is 13.7. The molecule has 1 N–H and O–H groups in total. The lowest BCUT2D eigenvalue weighted by Gasteiger charge is -2.28. The van der Waals surface area contributed by atoms with E-state index in [2.05, 4.69) is 39.7 Å². The molecule has 1 aliphatic heterocycles. The highest BCUT2D eigenvalue weighted by atomic mass is 16.2. The van der Waals surface area contributed by atoms with Crippen LogP contribution < -0.4 is 10.3 Å². The fourth-order valence-electron chi connectivity index (χ4n) is 4.49. The van der Waals surface area contributed by atoms with Gasteiger partial charge in [-0.15, -0.1) is 0 Å². The van der Waals surface area contributed by atoms with E-state index in [-0.39, 0.29) is 23.9 Å². The van der Waals surface area contributed by atoms with Crippen LogP contribution in [0.15, 0.2) is 120 Å². The van der Waals surface area contributed by atoms with E-state index in [0.717, 1.165) is 11.3 Å². The van der Waals surface area contributed by atoms with Gasteiger partial charge in [-0.2, -0.15) is 5.10 Å². The summed E-state index contributed by atoms with van der Waals surface area (Å²) in [5.41, 5.74) is 7.55. The first-order valence-corrected chi connectivity index (χ1v) is 12.3. The fraction of sp³-hybridized carbons (Fsp3) is 0.129. The average molecular weight is 489 g/mol. The topological polar surface area (TPSA) is 65.0 Å². The monoisotopic (exact) mass is 488 g/mol. The molecule has 6 nitrogen and oxygen atoms in total. The maximum atomic E-state index is 13.6. The second-order valence-corrected chi connectivity index (χ2v) is 9.01. The first-order valence-electron chi connectivity index (χ1n) is 12.3. The van der Waals surface area contributed by atoms with E-state index in [1.165, 1.54) is 11.1 Å². The molecular weight excluding hydrogens is 460 g/mol. The van der Waals surface area contributed by atoms with E-state index >= 15 is 0 Å². The SMILES string of the molecule is O=C(Cc1ccccc1)NN=C1C(=O)N(CN(Cc2ccccc2)Cc2ccccc2)c2ccccc21. The van der Waals surface area contributed by atoms with Crippen LogP contribution in [0, 0.1) is 0 Å². The van der Waals surface area contributed by atoms with Gasteiger partial charge in [0.05, 0.1) is 18.8 Å². The van der Waals surface area contributed by atoms with Gasteiger partial charge in [-0.25, -0.2) is 5.43 Å². The van der Waals surface area contributed by atoms with Gasteiger partial charge < -0.3 is 0 Å². The minimum absolute atomic E-state index is 0.194. The smallest absolute Gasteiger partial charge is 0.280 e. The van der Waals surface area contributed by atoms with Gasteiger partial charge in [0.2, 0.25) is 5.91 Å². The minimum Gasteiger partial charge on any atom is -0.293 e. The zero-order chi connectivity index (χ0) is 25.5. The van der Waals surface area contributed by atoms with E-state index in [1.54, 1.807) is 4.90 Å². The van der Waals surface area contributed by atoms with Crippen LogP contribution in [-0.4, -0.2) is 29.1 Å². The Labute approximate surface area is 216 Å². The summed E-state index contributed by atoms with van der Waals surface area (Å²) >= 11 is 0. The summed E-state index contributed by atoms with van der Waals surface area (Å²) in [4.78, 5) is 30.1. The number of nitrogens with zero attached hydrogens (tertiary/aromatic N) is 3. The molecule has 1 aliphatic rings. The Morgan fingerprint density at radius 3 is 1.81 bits per heavy atom. The summed E-state index contributed by atoms with van der Waals surface area (Å²) in [5, 5.41) is 4.27. The number of amides is 2. The third-order valence-corrected chi connectivity index (χ3v) is 6.24. The van der Waals surface area contributed by atoms with E-state index in [9.17, 15) is 9.59 Å². The lowest BCUT2D eigenvalue weighted by Crippen LogP contribution is -2.41. The lowest BCUT2D eigenvalue weighted by atomic mass is 10.1. The van der Waals surface area contributed by atoms with E-state index in [4.69, 9.17) is 0 Å². The molecule has 37 heavy (non-hydrogen) atoms. The van der Waals surface area contributed by atoms with Gasteiger partial charge in [0.15, 0.2) is 5.71 Å². The molecule has 0 bridgehead atoms. The standard InChI is InChI=1S/C31H28N4O2/c36-29(20-24-12-4-1-5-13-24)32-33-30-27-18-10-11-19-28(27)35(31(30)37)23-34(21-25-14-6-2-7-15-25)22-26-16-8-3-9-17-26/h1-19H,20-23H2,(H,32,36). The number of carbonyl (C=O) groups excluding carboxylic acids is 2. The molecule has 5 rings (SSSR count). The van der Waals surface area contributed by atoms with Crippen molar-refractivity contribution < 1.29 is 9.59 Å². The molecule has 6 heteroatoms. The number of nitrogens with one attached hydrogen (secondary N) is 1. The van der Waals surface area contributed by atoms with Crippen LogP contribution in [0.25, 0.3) is 0 Å². The fourth-order valence-corrected chi connectivity index (χ4v) is 4.49. The van der Waals surface area contributed by atoms with Crippen molar-refractivity contribution in [3.8, 4) is 0 Å². The molecule has 0 radical (unpaired) electrons. The van der Waals surface area contributed by atoms with Crippen molar-refractivity contribution in [2.45, 2.75) is 19.5 Å². The molecule has 0 aliphatic carbocycles. The summed E-state index contributed by atoms with van der Waals surface area (Å²) in [6, 6.07) is 37.5.